The number of H-pyrrole nitrogens is 1. The second-order valence-electron chi connectivity index (χ2n) is 6.95. The van der Waals surface area contributed by atoms with Crippen LogP contribution in [0.4, 0.5) is 0 Å². The van der Waals surface area contributed by atoms with Gasteiger partial charge in [-0.3, -0.25) is 19.7 Å². The Morgan fingerprint density at radius 1 is 1.25 bits per heavy atom. The summed E-state index contributed by atoms with van der Waals surface area (Å²) in [5.41, 5.74) is 10.4. The molecule has 1 aliphatic heterocycles. The van der Waals surface area contributed by atoms with Crippen LogP contribution in [0.2, 0.25) is 0 Å². The van der Waals surface area contributed by atoms with Crippen molar-refractivity contribution >= 4 is 22.8 Å². The van der Waals surface area contributed by atoms with E-state index in [1.807, 2.05) is 18.2 Å². The van der Waals surface area contributed by atoms with Gasteiger partial charge in [0.2, 0.25) is 0 Å². The lowest BCUT2D eigenvalue weighted by Gasteiger charge is -2.23. The Kier molecular flexibility index (Phi) is 4.81. The predicted molar refractivity (Wildman–Crippen MR) is 103 cm³/mol. The average molecular weight is 379 g/mol. The van der Waals surface area contributed by atoms with E-state index in [2.05, 4.69) is 14.9 Å². The smallest absolute Gasteiger partial charge is 0.274 e. The third-order valence-corrected chi connectivity index (χ3v) is 5.18. The standard InChI is InChI=1S/C20H21N5O3/c21-18(26)14-3-1-4-15-17(14)23-19(22-15)16-5-2-10-25(16)11-12-6-8-13(9-7-12)20(27)24-28/h1,3-4,6-9,16,28H,2,5,10-11H2,(H2,21,26)(H,22,23)(H,24,27). The van der Waals surface area contributed by atoms with Crippen molar-refractivity contribution in [3.8, 4) is 0 Å². The highest BCUT2D eigenvalue weighted by molar-refractivity contribution is 6.04. The van der Waals surface area contributed by atoms with Crippen molar-refractivity contribution in [3.05, 3.63) is 65.0 Å². The molecule has 144 valence electrons. The number of nitrogens with two attached hydrogens (primary N) is 1. The highest BCUT2D eigenvalue weighted by atomic mass is 16.5. The maximum atomic E-state index is 11.7. The molecule has 2 heterocycles. The first-order valence-electron chi connectivity index (χ1n) is 9.12. The van der Waals surface area contributed by atoms with E-state index >= 15 is 0 Å². The first-order chi connectivity index (χ1) is 13.6. The number of nitrogens with zero attached hydrogens (tertiary/aromatic N) is 2. The van der Waals surface area contributed by atoms with Gasteiger partial charge in [-0.25, -0.2) is 10.5 Å². The van der Waals surface area contributed by atoms with Crippen LogP contribution >= 0.6 is 0 Å². The zero-order valence-electron chi connectivity index (χ0n) is 15.2. The van der Waals surface area contributed by atoms with E-state index < -0.39 is 11.8 Å². The van der Waals surface area contributed by atoms with E-state index in [-0.39, 0.29) is 6.04 Å². The van der Waals surface area contributed by atoms with Gasteiger partial charge >= 0.3 is 0 Å². The summed E-state index contributed by atoms with van der Waals surface area (Å²) in [6.07, 6.45) is 2.02. The minimum absolute atomic E-state index is 0.119. The van der Waals surface area contributed by atoms with Crippen LogP contribution in [0.15, 0.2) is 42.5 Å². The quantitative estimate of drug-likeness (QED) is 0.399. The lowest BCUT2D eigenvalue weighted by molar-refractivity contribution is 0.0706. The van der Waals surface area contributed by atoms with Crippen LogP contribution < -0.4 is 11.2 Å². The number of nitrogens with one attached hydrogen (secondary N) is 2. The summed E-state index contributed by atoms with van der Waals surface area (Å²) in [4.78, 5) is 33.5. The molecule has 0 saturated carbocycles. The van der Waals surface area contributed by atoms with Crippen LogP contribution in [-0.4, -0.2) is 38.4 Å². The number of fused-ring (bicyclic) bond motifs is 1. The van der Waals surface area contributed by atoms with E-state index in [9.17, 15) is 9.59 Å². The molecule has 1 aliphatic rings. The molecule has 8 nitrogen and oxygen atoms in total. The molecule has 1 unspecified atom stereocenters. The number of amides is 2. The molecular weight excluding hydrogens is 358 g/mol. The number of para-hydroxylation sites is 1. The Labute approximate surface area is 161 Å². The SMILES string of the molecule is NC(=O)c1cccc2[nH]c(C3CCCN3Cc3ccc(C(=O)NO)cc3)nc12. The molecule has 0 bridgehead atoms. The Bertz CT molecular complexity index is 1030. The van der Waals surface area contributed by atoms with Crippen LogP contribution in [0, 0.1) is 0 Å². The minimum atomic E-state index is -0.530. The lowest BCUT2D eigenvalue weighted by Crippen LogP contribution is -2.24. The van der Waals surface area contributed by atoms with Crippen molar-refractivity contribution in [1.82, 2.24) is 20.3 Å². The fourth-order valence-corrected chi connectivity index (χ4v) is 3.79. The molecule has 1 fully saturated rings. The maximum Gasteiger partial charge on any atom is 0.274 e. The van der Waals surface area contributed by atoms with Gasteiger partial charge in [0.05, 0.1) is 17.1 Å². The number of hydroxylamine groups is 1. The third-order valence-electron chi connectivity index (χ3n) is 5.18. The van der Waals surface area contributed by atoms with E-state index in [4.69, 9.17) is 10.9 Å². The van der Waals surface area contributed by atoms with Gasteiger partial charge in [-0.05, 0) is 49.2 Å². The summed E-state index contributed by atoms with van der Waals surface area (Å²) in [5, 5.41) is 8.71. The molecule has 0 spiro atoms. The number of primary amides is 1. The van der Waals surface area contributed by atoms with Crippen LogP contribution in [0.1, 0.15) is 51.0 Å². The molecule has 0 aliphatic carbocycles. The summed E-state index contributed by atoms with van der Waals surface area (Å²) in [7, 11) is 0. The van der Waals surface area contributed by atoms with Crippen molar-refractivity contribution < 1.29 is 14.8 Å². The van der Waals surface area contributed by atoms with Crippen LogP contribution in [0.5, 0.6) is 0 Å². The number of likely N-dealkylation sites (tertiary alicyclic amines) is 1. The van der Waals surface area contributed by atoms with Gasteiger partial charge in [0.25, 0.3) is 11.8 Å². The molecule has 2 amide bonds. The fourth-order valence-electron chi connectivity index (χ4n) is 3.79. The second-order valence-corrected chi connectivity index (χ2v) is 6.95. The number of imidazole rings is 1. The van der Waals surface area contributed by atoms with Crippen LogP contribution in [-0.2, 0) is 6.54 Å². The van der Waals surface area contributed by atoms with Gasteiger partial charge in [0, 0.05) is 12.1 Å². The highest BCUT2D eigenvalue weighted by Crippen LogP contribution is 2.33. The van der Waals surface area contributed by atoms with Crippen LogP contribution in [0.25, 0.3) is 11.0 Å². The number of hydrogen-bond acceptors (Lipinski definition) is 5. The van der Waals surface area contributed by atoms with Crippen molar-refractivity contribution in [2.75, 3.05) is 6.54 Å². The number of hydrogen-bond donors (Lipinski definition) is 4. The van der Waals surface area contributed by atoms with Gasteiger partial charge in [0.15, 0.2) is 0 Å². The van der Waals surface area contributed by atoms with Crippen molar-refractivity contribution in [3.63, 3.8) is 0 Å². The zero-order valence-corrected chi connectivity index (χ0v) is 15.2. The third kappa shape index (κ3) is 3.35. The van der Waals surface area contributed by atoms with Gasteiger partial charge in [-0.15, -0.1) is 0 Å². The fraction of sp³-hybridized carbons (Fsp3) is 0.250. The van der Waals surface area contributed by atoms with Gasteiger partial charge in [0.1, 0.15) is 11.3 Å². The monoisotopic (exact) mass is 379 g/mol. The molecule has 28 heavy (non-hydrogen) atoms. The second kappa shape index (κ2) is 7.41. The molecule has 0 radical (unpaired) electrons. The largest absolute Gasteiger partial charge is 0.366 e. The number of carbonyl (C=O) groups excluding carboxylic acids is 2. The average Bonchev–Trinajstić information content (AvgIpc) is 3.33. The van der Waals surface area contributed by atoms with Crippen molar-refractivity contribution in [1.29, 1.82) is 0 Å². The normalized spacial score (nSPS) is 17.1. The predicted octanol–water partition coefficient (Wildman–Crippen LogP) is 2.12. The number of aromatic nitrogens is 2. The first-order valence-corrected chi connectivity index (χ1v) is 9.12. The van der Waals surface area contributed by atoms with Gasteiger partial charge < -0.3 is 10.7 Å². The topological polar surface area (TPSA) is 124 Å². The van der Waals surface area contributed by atoms with E-state index in [0.29, 0.717) is 23.2 Å². The minimum Gasteiger partial charge on any atom is -0.366 e. The van der Waals surface area contributed by atoms with Crippen molar-refractivity contribution in [2.45, 2.75) is 25.4 Å². The number of benzene rings is 2. The summed E-state index contributed by atoms with van der Waals surface area (Å²) in [6, 6.07) is 12.6. The number of carbonyl (C=O) groups is 2. The Morgan fingerprint density at radius 3 is 2.75 bits per heavy atom. The summed E-state index contributed by atoms with van der Waals surface area (Å²) in [5.74, 6) is -0.186. The molecule has 5 N–H and O–H groups in total. The first kappa shape index (κ1) is 18.1. The van der Waals surface area contributed by atoms with Crippen molar-refractivity contribution in [2.24, 2.45) is 5.73 Å². The van der Waals surface area contributed by atoms with Gasteiger partial charge in [-0.2, -0.15) is 0 Å². The Hall–Kier alpha value is -3.23. The Morgan fingerprint density at radius 2 is 2.04 bits per heavy atom. The number of rotatable bonds is 5. The molecule has 3 aromatic rings. The summed E-state index contributed by atoms with van der Waals surface area (Å²) >= 11 is 0. The summed E-state index contributed by atoms with van der Waals surface area (Å²) < 4.78 is 0. The van der Waals surface area contributed by atoms with Gasteiger partial charge in [-0.1, -0.05) is 18.2 Å². The molecule has 1 atom stereocenters. The summed E-state index contributed by atoms with van der Waals surface area (Å²) in [6.45, 7) is 1.65. The molecule has 1 aromatic heterocycles. The molecular formula is C20H21N5O3. The molecule has 2 aromatic carbocycles. The van der Waals surface area contributed by atoms with E-state index in [1.165, 1.54) is 0 Å². The number of aromatic amines is 1. The van der Waals surface area contributed by atoms with Crippen LogP contribution in [0.3, 0.4) is 0 Å². The molecule has 1 saturated heterocycles. The Balaban J connectivity index is 1.57. The van der Waals surface area contributed by atoms with E-state index in [1.54, 1.807) is 29.7 Å². The zero-order chi connectivity index (χ0) is 19.7. The highest BCUT2D eigenvalue weighted by Gasteiger charge is 2.29. The maximum absolute atomic E-state index is 11.7. The molecule has 8 heteroatoms. The molecule has 4 rings (SSSR count). The lowest BCUT2D eigenvalue weighted by atomic mass is 10.1. The van der Waals surface area contributed by atoms with E-state index in [0.717, 1.165) is 36.3 Å².